The van der Waals surface area contributed by atoms with E-state index in [1.165, 1.54) is 5.57 Å². The van der Waals surface area contributed by atoms with Gasteiger partial charge in [-0.15, -0.1) is 0 Å². The number of hydrogen-bond donors (Lipinski definition) is 0. The highest BCUT2D eigenvalue weighted by Gasteiger charge is 2.37. The predicted octanol–water partition coefficient (Wildman–Crippen LogP) is 4.49. The third-order valence-corrected chi connectivity index (χ3v) is 5.66. The highest BCUT2D eigenvalue weighted by Crippen LogP contribution is 2.37. The van der Waals surface area contributed by atoms with E-state index >= 15 is 0 Å². The number of aromatic nitrogens is 1. The average Bonchev–Trinajstić information content (AvgIpc) is 3.05. The Hall–Kier alpha value is -2.42. The number of pyridine rings is 1. The van der Waals surface area contributed by atoms with Crippen molar-refractivity contribution in [2.24, 2.45) is 11.8 Å². The molecule has 2 aromatic rings. The van der Waals surface area contributed by atoms with Crippen molar-refractivity contribution in [3.63, 3.8) is 0 Å². The minimum Gasteiger partial charge on any atom is -0.338 e. The van der Waals surface area contributed by atoms with Crippen molar-refractivity contribution in [2.75, 3.05) is 13.1 Å². The lowest BCUT2D eigenvalue weighted by molar-refractivity contribution is 0.0783. The molecule has 2 atom stereocenters. The molecule has 1 amide bonds. The van der Waals surface area contributed by atoms with Crippen molar-refractivity contribution in [3.05, 3.63) is 65.5 Å². The summed E-state index contributed by atoms with van der Waals surface area (Å²) >= 11 is 0. The van der Waals surface area contributed by atoms with E-state index in [4.69, 9.17) is 0 Å². The van der Waals surface area contributed by atoms with Gasteiger partial charge in [0.1, 0.15) is 0 Å². The van der Waals surface area contributed by atoms with Crippen molar-refractivity contribution in [1.29, 1.82) is 0 Å². The number of allylic oxidation sites excluding steroid dienone is 2. The summed E-state index contributed by atoms with van der Waals surface area (Å²) in [6.45, 7) is 5.89. The van der Waals surface area contributed by atoms with Crippen LogP contribution in [0.3, 0.4) is 0 Å². The predicted molar refractivity (Wildman–Crippen MR) is 100 cm³/mol. The Morgan fingerprint density at radius 1 is 1.08 bits per heavy atom. The quantitative estimate of drug-likeness (QED) is 0.759. The molecule has 0 bridgehead atoms. The molecule has 1 saturated heterocycles. The Bertz CT molecular complexity index is 825. The standard InChI is InChI=1S/C22H24N2O/c1-15-8-9-18-13-24(14-19(18)12-15)22(25)21-16(2)23-11-10-20(21)17-6-4-3-5-7-17/h3-8,10-11,18-19H,9,12-14H2,1-2H3/t18-,19+/m0/s1. The number of nitrogens with zero attached hydrogens (tertiary/aromatic N) is 2. The van der Waals surface area contributed by atoms with Crippen molar-refractivity contribution < 1.29 is 4.79 Å². The SMILES string of the molecule is CC1=CC[C@H]2CN(C(=O)c3c(-c4ccccc4)ccnc3C)C[C@H]2C1. The maximum Gasteiger partial charge on any atom is 0.256 e. The van der Waals surface area contributed by atoms with Crippen LogP contribution in [0.5, 0.6) is 0 Å². The highest BCUT2D eigenvalue weighted by atomic mass is 16.2. The summed E-state index contributed by atoms with van der Waals surface area (Å²) in [5, 5.41) is 0. The molecule has 4 rings (SSSR count). The van der Waals surface area contributed by atoms with Crippen LogP contribution in [0.2, 0.25) is 0 Å². The van der Waals surface area contributed by atoms with Crippen LogP contribution >= 0.6 is 0 Å². The van der Waals surface area contributed by atoms with E-state index in [0.717, 1.165) is 48.3 Å². The molecule has 25 heavy (non-hydrogen) atoms. The van der Waals surface area contributed by atoms with Crippen LogP contribution in [0.25, 0.3) is 11.1 Å². The van der Waals surface area contributed by atoms with E-state index in [-0.39, 0.29) is 5.91 Å². The first kappa shape index (κ1) is 16.1. The summed E-state index contributed by atoms with van der Waals surface area (Å²) < 4.78 is 0. The van der Waals surface area contributed by atoms with Gasteiger partial charge in [-0.2, -0.15) is 0 Å². The van der Waals surface area contributed by atoms with Crippen molar-refractivity contribution in [1.82, 2.24) is 9.88 Å². The summed E-state index contributed by atoms with van der Waals surface area (Å²) in [6.07, 6.45) is 6.38. The fourth-order valence-corrected chi connectivity index (χ4v) is 4.31. The molecule has 1 aliphatic carbocycles. The zero-order valence-corrected chi connectivity index (χ0v) is 14.9. The van der Waals surface area contributed by atoms with E-state index < -0.39 is 0 Å². The second kappa shape index (κ2) is 6.47. The largest absolute Gasteiger partial charge is 0.338 e. The zero-order valence-electron chi connectivity index (χ0n) is 14.9. The van der Waals surface area contributed by atoms with Gasteiger partial charge in [0.05, 0.1) is 11.3 Å². The van der Waals surface area contributed by atoms with Crippen LogP contribution in [-0.4, -0.2) is 28.9 Å². The van der Waals surface area contributed by atoms with Gasteiger partial charge in [-0.05, 0) is 55.7 Å². The number of rotatable bonds is 2. The molecular weight excluding hydrogens is 308 g/mol. The number of carbonyl (C=O) groups is 1. The van der Waals surface area contributed by atoms with Crippen molar-refractivity contribution in [2.45, 2.75) is 26.7 Å². The fraction of sp³-hybridized carbons (Fsp3) is 0.364. The van der Waals surface area contributed by atoms with E-state index in [1.807, 2.05) is 31.2 Å². The van der Waals surface area contributed by atoms with Crippen LogP contribution in [0, 0.1) is 18.8 Å². The average molecular weight is 332 g/mol. The van der Waals surface area contributed by atoms with Gasteiger partial charge >= 0.3 is 0 Å². The molecule has 0 spiro atoms. The van der Waals surface area contributed by atoms with E-state index in [0.29, 0.717) is 11.8 Å². The third-order valence-electron chi connectivity index (χ3n) is 5.66. The van der Waals surface area contributed by atoms with E-state index in [2.05, 4.69) is 35.0 Å². The Labute approximate surface area is 149 Å². The Morgan fingerprint density at radius 3 is 2.64 bits per heavy atom. The molecule has 128 valence electrons. The van der Waals surface area contributed by atoms with Crippen molar-refractivity contribution in [3.8, 4) is 11.1 Å². The van der Waals surface area contributed by atoms with Gasteiger partial charge in [0, 0.05) is 19.3 Å². The molecule has 1 aromatic carbocycles. The van der Waals surface area contributed by atoms with Gasteiger partial charge in [0.15, 0.2) is 0 Å². The molecule has 1 aromatic heterocycles. The Balaban J connectivity index is 1.66. The molecule has 0 radical (unpaired) electrons. The first-order valence-corrected chi connectivity index (χ1v) is 9.09. The lowest BCUT2D eigenvalue weighted by atomic mass is 9.83. The second-order valence-corrected chi connectivity index (χ2v) is 7.41. The molecule has 1 fully saturated rings. The number of carbonyl (C=O) groups excluding carboxylic acids is 1. The molecule has 1 aliphatic heterocycles. The summed E-state index contributed by atoms with van der Waals surface area (Å²) in [6, 6.07) is 12.1. The number of likely N-dealkylation sites (tertiary alicyclic amines) is 1. The first-order chi connectivity index (χ1) is 12.1. The molecule has 0 unspecified atom stereocenters. The summed E-state index contributed by atoms with van der Waals surface area (Å²) in [4.78, 5) is 19.8. The fourth-order valence-electron chi connectivity index (χ4n) is 4.31. The molecule has 3 nitrogen and oxygen atoms in total. The Kier molecular flexibility index (Phi) is 4.16. The first-order valence-electron chi connectivity index (χ1n) is 9.09. The lowest BCUT2D eigenvalue weighted by Crippen LogP contribution is -2.30. The van der Waals surface area contributed by atoms with Gasteiger partial charge in [0.2, 0.25) is 0 Å². The normalized spacial score (nSPS) is 22.5. The molecule has 2 heterocycles. The van der Waals surface area contributed by atoms with Crippen LogP contribution in [0.4, 0.5) is 0 Å². The van der Waals surface area contributed by atoms with Crippen LogP contribution in [-0.2, 0) is 0 Å². The lowest BCUT2D eigenvalue weighted by Gasteiger charge is -2.21. The zero-order chi connectivity index (χ0) is 17.4. The molecule has 2 aliphatic rings. The number of benzene rings is 1. The van der Waals surface area contributed by atoms with Crippen LogP contribution in [0.15, 0.2) is 54.2 Å². The molecule has 0 saturated carbocycles. The van der Waals surface area contributed by atoms with Crippen LogP contribution < -0.4 is 0 Å². The third kappa shape index (κ3) is 2.99. The summed E-state index contributed by atoms with van der Waals surface area (Å²) in [5.74, 6) is 1.37. The molecule has 0 N–H and O–H groups in total. The summed E-state index contributed by atoms with van der Waals surface area (Å²) in [7, 11) is 0. The van der Waals surface area contributed by atoms with E-state index in [9.17, 15) is 4.79 Å². The highest BCUT2D eigenvalue weighted by molar-refractivity contribution is 6.02. The van der Waals surface area contributed by atoms with Gasteiger partial charge in [-0.3, -0.25) is 9.78 Å². The Morgan fingerprint density at radius 2 is 1.84 bits per heavy atom. The number of fused-ring (bicyclic) bond motifs is 1. The van der Waals surface area contributed by atoms with Gasteiger partial charge in [-0.1, -0.05) is 42.0 Å². The number of hydrogen-bond acceptors (Lipinski definition) is 2. The van der Waals surface area contributed by atoms with Gasteiger partial charge < -0.3 is 4.90 Å². The van der Waals surface area contributed by atoms with Crippen molar-refractivity contribution >= 4 is 5.91 Å². The minimum absolute atomic E-state index is 0.136. The second-order valence-electron chi connectivity index (χ2n) is 7.41. The maximum absolute atomic E-state index is 13.4. The van der Waals surface area contributed by atoms with Gasteiger partial charge in [0.25, 0.3) is 5.91 Å². The number of amides is 1. The topological polar surface area (TPSA) is 33.2 Å². The van der Waals surface area contributed by atoms with Gasteiger partial charge in [-0.25, -0.2) is 0 Å². The maximum atomic E-state index is 13.4. The monoisotopic (exact) mass is 332 g/mol. The molecule has 3 heteroatoms. The summed E-state index contributed by atoms with van der Waals surface area (Å²) in [5.41, 5.74) is 5.11. The molecular formula is C22H24N2O. The van der Waals surface area contributed by atoms with E-state index in [1.54, 1.807) is 6.20 Å². The van der Waals surface area contributed by atoms with Crippen LogP contribution in [0.1, 0.15) is 35.8 Å². The smallest absolute Gasteiger partial charge is 0.256 e. The minimum atomic E-state index is 0.136. The number of aryl methyl sites for hydroxylation is 1.